The van der Waals surface area contributed by atoms with Crippen molar-refractivity contribution in [1.82, 2.24) is 9.47 Å². The van der Waals surface area contributed by atoms with Gasteiger partial charge in [0.05, 0.1) is 4.91 Å². The van der Waals surface area contributed by atoms with Crippen molar-refractivity contribution in [2.75, 3.05) is 18.0 Å². The van der Waals surface area contributed by atoms with Crippen LogP contribution < -0.4 is 10.5 Å². The fourth-order valence-corrected chi connectivity index (χ4v) is 6.61. The average molecular weight is 485 g/mol. The molecule has 0 radical (unpaired) electrons. The van der Waals surface area contributed by atoms with Gasteiger partial charge < -0.3 is 4.90 Å². The third kappa shape index (κ3) is 4.50. The van der Waals surface area contributed by atoms with Crippen molar-refractivity contribution >= 4 is 46.1 Å². The lowest BCUT2D eigenvalue weighted by Gasteiger charge is -2.35. The van der Waals surface area contributed by atoms with Gasteiger partial charge in [0.2, 0.25) is 0 Å². The highest BCUT2D eigenvalue weighted by atomic mass is 32.2. The van der Waals surface area contributed by atoms with Gasteiger partial charge in [-0.25, -0.2) is 0 Å². The zero-order chi connectivity index (χ0) is 23.7. The first-order valence-corrected chi connectivity index (χ1v) is 13.3. The number of hydrogen-bond donors (Lipinski definition) is 0. The molecule has 3 fully saturated rings. The number of nitriles is 1. The minimum Gasteiger partial charge on any atom is -0.357 e. The molecule has 0 unspecified atom stereocenters. The Bertz CT molecular complexity index is 1090. The van der Waals surface area contributed by atoms with E-state index in [-0.39, 0.29) is 23.1 Å². The van der Waals surface area contributed by atoms with E-state index in [0.717, 1.165) is 69.4 Å². The van der Waals surface area contributed by atoms with Gasteiger partial charge in [-0.3, -0.25) is 19.1 Å². The number of amides is 1. The molecule has 3 aliphatic rings. The van der Waals surface area contributed by atoms with Crippen LogP contribution in [0.4, 0.5) is 5.82 Å². The highest BCUT2D eigenvalue weighted by Crippen LogP contribution is 2.40. The molecular formula is C25H32N4O2S2. The molecule has 6 nitrogen and oxygen atoms in total. The summed E-state index contributed by atoms with van der Waals surface area (Å²) in [5.41, 5.74) is 1.38. The number of thiocarbonyl (C=S) groups is 1. The molecule has 2 saturated heterocycles. The molecule has 1 amide bonds. The van der Waals surface area contributed by atoms with Crippen molar-refractivity contribution in [1.29, 1.82) is 5.26 Å². The zero-order valence-electron chi connectivity index (χ0n) is 19.7. The van der Waals surface area contributed by atoms with Crippen molar-refractivity contribution in [3.63, 3.8) is 0 Å². The van der Waals surface area contributed by atoms with Gasteiger partial charge in [-0.05, 0) is 56.6 Å². The van der Waals surface area contributed by atoms with Crippen molar-refractivity contribution in [3.8, 4) is 6.07 Å². The molecular weight excluding hydrogens is 452 g/mol. The van der Waals surface area contributed by atoms with Gasteiger partial charge in [-0.1, -0.05) is 50.7 Å². The summed E-state index contributed by atoms with van der Waals surface area (Å²) in [4.78, 5) is 31.3. The first-order chi connectivity index (χ1) is 15.9. The summed E-state index contributed by atoms with van der Waals surface area (Å²) in [6.07, 6.45) is 9.05. The second kappa shape index (κ2) is 10.0. The van der Waals surface area contributed by atoms with Gasteiger partial charge in [-0.15, -0.1) is 0 Å². The molecule has 3 heterocycles. The van der Waals surface area contributed by atoms with Crippen LogP contribution in [0.3, 0.4) is 0 Å². The minimum atomic E-state index is -0.235. The summed E-state index contributed by atoms with van der Waals surface area (Å²) in [6, 6.07) is 2.32. The van der Waals surface area contributed by atoms with Gasteiger partial charge >= 0.3 is 0 Å². The van der Waals surface area contributed by atoms with E-state index in [0.29, 0.717) is 27.3 Å². The van der Waals surface area contributed by atoms with Gasteiger partial charge in [0, 0.05) is 31.2 Å². The van der Waals surface area contributed by atoms with Crippen LogP contribution in [0.5, 0.6) is 0 Å². The van der Waals surface area contributed by atoms with Crippen molar-refractivity contribution in [3.05, 3.63) is 31.9 Å². The van der Waals surface area contributed by atoms with E-state index in [1.165, 1.54) is 11.8 Å². The number of pyridine rings is 1. The normalized spacial score (nSPS) is 21.5. The predicted octanol–water partition coefficient (Wildman–Crippen LogP) is 4.82. The minimum absolute atomic E-state index is 0.0405. The summed E-state index contributed by atoms with van der Waals surface area (Å²) >= 11 is 6.94. The summed E-state index contributed by atoms with van der Waals surface area (Å²) in [7, 11) is 0. The van der Waals surface area contributed by atoms with E-state index in [2.05, 4.69) is 17.9 Å². The fraction of sp³-hybridized carbons (Fsp3) is 0.600. The van der Waals surface area contributed by atoms with E-state index in [4.69, 9.17) is 12.2 Å². The summed E-state index contributed by atoms with van der Waals surface area (Å²) < 4.78 is 2.37. The number of anilines is 1. The Morgan fingerprint density at radius 1 is 1.18 bits per heavy atom. The predicted molar refractivity (Wildman–Crippen MR) is 138 cm³/mol. The highest BCUT2D eigenvalue weighted by Gasteiger charge is 2.38. The number of aromatic nitrogens is 1. The third-order valence-electron chi connectivity index (χ3n) is 7.17. The van der Waals surface area contributed by atoms with E-state index in [1.807, 2.05) is 19.9 Å². The standard InChI is InChI=1S/C25H32N4O2S2/c1-4-11-28-22(27-12-9-16(2)10-13-27)19(17(3)20(15-26)23(28)30)14-21-24(31)29(25(32)33-21)18-7-5-6-8-18/h14,16,18H,4-13H2,1-3H3. The molecule has 0 N–H and O–H groups in total. The number of nitrogens with zero attached hydrogens (tertiary/aromatic N) is 4. The second-order valence-electron chi connectivity index (χ2n) is 9.47. The lowest BCUT2D eigenvalue weighted by Crippen LogP contribution is -2.39. The Morgan fingerprint density at radius 3 is 2.45 bits per heavy atom. The Labute approximate surface area is 205 Å². The van der Waals surface area contributed by atoms with E-state index < -0.39 is 0 Å². The largest absolute Gasteiger partial charge is 0.357 e. The fourth-order valence-electron chi connectivity index (χ4n) is 5.22. The Kier molecular flexibility index (Phi) is 7.30. The Morgan fingerprint density at radius 2 is 1.85 bits per heavy atom. The smallest absolute Gasteiger partial charge is 0.270 e. The van der Waals surface area contributed by atoms with E-state index in [9.17, 15) is 14.9 Å². The van der Waals surface area contributed by atoms with Crippen LogP contribution in [0.2, 0.25) is 0 Å². The summed E-state index contributed by atoms with van der Waals surface area (Å²) in [5.74, 6) is 1.45. The molecule has 1 aliphatic carbocycles. The van der Waals surface area contributed by atoms with E-state index in [1.54, 1.807) is 9.47 Å². The van der Waals surface area contributed by atoms with E-state index >= 15 is 0 Å². The van der Waals surface area contributed by atoms with Crippen molar-refractivity contribution < 1.29 is 4.79 Å². The molecule has 1 aromatic heterocycles. The maximum atomic E-state index is 13.4. The van der Waals surface area contributed by atoms with Gasteiger partial charge in [-0.2, -0.15) is 5.26 Å². The number of carbonyl (C=O) groups excluding carboxylic acids is 1. The van der Waals surface area contributed by atoms with Gasteiger partial charge in [0.15, 0.2) is 0 Å². The second-order valence-corrected chi connectivity index (χ2v) is 11.1. The third-order valence-corrected chi connectivity index (χ3v) is 8.50. The number of rotatable bonds is 5. The monoisotopic (exact) mass is 484 g/mol. The van der Waals surface area contributed by atoms with Crippen LogP contribution in [-0.2, 0) is 11.3 Å². The maximum absolute atomic E-state index is 13.4. The van der Waals surface area contributed by atoms with Crippen LogP contribution >= 0.6 is 24.0 Å². The number of carbonyl (C=O) groups is 1. The molecule has 0 bridgehead atoms. The number of hydrogen-bond acceptors (Lipinski definition) is 6. The molecule has 0 atom stereocenters. The molecule has 2 aliphatic heterocycles. The molecule has 0 spiro atoms. The van der Waals surface area contributed by atoms with Gasteiger partial charge in [0.1, 0.15) is 21.8 Å². The Balaban J connectivity index is 1.85. The molecule has 1 saturated carbocycles. The van der Waals surface area contributed by atoms with Crippen LogP contribution in [0.1, 0.15) is 75.5 Å². The molecule has 1 aromatic rings. The molecule has 0 aromatic carbocycles. The first-order valence-electron chi connectivity index (χ1n) is 12.1. The Hall–Kier alpha value is -2.11. The number of piperidine rings is 1. The highest BCUT2D eigenvalue weighted by molar-refractivity contribution is 8.26. The molecule has 4 rings (SSSR count). The van der Waals surface area contributed by atoms with Crippen LogP contribution in [0, 0.1) is 24.2 Å². The summed E-state index contributed by atoms with van der Waals surface area (Å²) in [6.45, 7) is 8.39. The average Bonchev–Trinajstić information content (AvgIpc) is 3.40. The lowest BCUT2D eigenvalue weighted by atomic mass is 9.97. The first kappa shape index (κ1) is 24.0. The SMILES string of the molecule is CCCn1c(N2CCC(C)CC2)c(C=C2SC(=S)N(C3CCCC3)C2=O)c(C)c(C#N)c1=O. The van der Waals surface area contributed by atoms with Crippen LogP contribution in [-0.4, -0.2) is 38.8 Å². The molecule has 33 heavy (non-hydrogen) atoms. The van der Waals surface area contributed by atoms with Crippen molar-refractivity contribution in [2.24, 2.45) is 5.92 Å². The molecule has 8 heteroatoms. The van der Waals surface area contributed by atoms with Crippen LogP contribution in [0.15, 0.2) is 9.70 Å². The van der Waals surface area contributed by atoms with Crippen LogP contribution in [0.25, 0.3) is 6.08 Å². The van der Waals surface area contributed by atoms with Crippen molar-refractivity contribution in [2.45, 2.75) is 78.3 Å². The maximum Gasteiger partial charge on any atom is 0.270 e. The molecule has 176 valence electrons. The zero-order valence-corrected chi connectivity index (χ0v) is 21.4. The quantitative estimate of drug-likeness (QED) is 0.441. The summed E-state index contributed by atoms with van der Waals surface area (Å²) in [5, 5.41) is 9.79. The topological polar surface area (TPSA) is 69.3 Å². The van der Waals surface area contributed by atoms with Gasteiger partial charge in [0.25, 0.3) is 11.5 Å². The number of thioether (sulfide) groups is 1. The lowest BCUT2D eigenvalue weighted by molar-refractivity contribution is -0.123.